The van der Waals surface area contributed by atoms with E-state index < -0.39 is 0 Å². The van der Waals surface area contributed by atoms with Crippen molar-refractivity contribution >= 4 is 16.9 Å². The van der Waals surface area contributed by atoms with E-state index in [9.17, 15) is 14.7 Å². The molecule has 1 saturated carbocycles. The number of aliphatic hydroxyl groups is 1. The van der Waals surface area contributed by atoms with Crippen LogP contribution in [-0.2, 0) is 6.42 Å². The lowest BCUT2D eigenvalue weighted by molar-refractivity contribution is 0.0949. The number of hydrogen-bond acceptors (Lipinski definition) is 4. The molecule has 5 rings (SSSR count). The van der Waals surface area contributed by atoms with Gasteiger partial charge in [0.2, 0.25) is 5.43 Å². The molecule has 2 aromatic carbocycles. The van der Waals surface area contributed by atoms with Crippen molar-refractivity contribution in [1.82, 2.24) is 14.9 Å². The monoisotopic (exact) mass is 509 g/mol. The van der Waals surface area contributed by atoms with Crippen LogP contribution in [0, 0.1) is 12.8 Å². The van der Waals surface area contributed by atoms with Gasteiger partial charge in [-0.05, 0) is 72.7 Å². The predicted molar refractivity (Wildman–Crippen MR) is 154 cm³/mol. The van der Waals surface area contributed by atoms with Gasteiger partial charge in [-0.25, -0.2) is 4.98 Å². The Balaban J connectivity index is 0.00000164. The summed E-state index contributed by atoms with van der Waals surface area (Å²) >= 11 is 0. The van der Waals surface area contributed by atoms with Crippen molar-refractivity contribution in [1.29, 1.82) is 0 Å². The molecule has 0 aliphatic heterocycles. The minimum absolute atomic E-state index is 0.00893. The highest BCUT2D eigenvalue weighted by Gasteiger charge is 2.26. The van der Waals surface area contributed by atoms with Crippen LogP contribution in [0.4, 0.5) is 0 Å². The fourth-order valence-electron chi connectivity index (χ4n) is 4.40. The Labute approximate surface area is 223 Å². The smallest absolute Gasteiger partial charge is 0.257 e. The molecule has 196 valence electrons. The summed E-state index contributed by atoms with van der Waals surface area (Å²) in [6.45, 7) is 11.7. The number of aryl methyl sites for hydroxylation is 1. The van der Waals surface area contributed by atoms with Crippen molar-refractivity contribution in [2.75, 3.05) is 0 Å². The number of carbonyl (C=O) groups is 1. The molecule has 0 bridgehead atoms. The number of benzene rings is 2. The zero-order chi connectivity index (χ0) is 27.4. The van der Waals surface area contributed by atoms with Crippen molar-refractivity contribution in [2.45, 2.75) is 53.0 Å². The highest BCUT2D eigenvalue weighted by Crippen LogP contribution is 2.27. The molecule has 2 N–H and O–H groups in total. The van der Waals surface area contributed by atoms with Crippen molar-refractivity contribution in [3.05, 3.63) is 106 Å². The SMILES string of the molecule is C=C(O)C(C)Cc1ccc(-c2cccc(-n3cc(C(=O)NC4CC4)c(=O)c4cccnc43)c2)cc1C.CC. The van der Waals surface area contributed by atoms with E-state index in [4.69, 9.17) is 0 Å². The maximum atomic E-state index is 13.1. The number of aromatic nitrogens is 2. The third kappa shape index (κ3) is 5.70. The summed E-state index contributed by atoms with van der Waals surface area (Å²) in [5, 5.41) is 13.0. The standard InChI is InChI=1S/C30H29N3O3.C2H6/c1-18(20(3)34)14-21-9-10-23(15-19(21)2)22-6-4-7-25(16-22)33-17-27(30(36)32-24-11-12-24)28(35)26-8-5-13-31-29(26)33;1-2/h4-10,13,15-18,24,34H,3,11-12,14H2,1-2H3,(H,32,36);1-2H3. The van der Waals surface area contributed by atoms with Crippen molar-refractivity contribution in [3.63, 3.8) is 0 Å². The van der Waals surface area contributed by atoms with E-state index in [1.54, 1.807) is 24.5 Å². The Morgan fingerprint density at radius 1 is 1.13 bits per heavy atom. The number of fused-ring (bicyclic) bond motifs is 1. The molecule has 6 heteroatoms. The molecule has 4 aromatic rings. The summed E-state index contributed by atoms with van der Waals surface area (Å²) in [5.74, 6) is -0.159. The average Bonchev–Trinajstić information content (AvgIpc) is 3.75. The van der Waals surface area contributed by atoms with Crippen LogP contribution in [0.15, 0.2) is 84.1 Å². The summed E-state index contributed by atoms with van der Waals surface area (Å²) in [6.07, 6.45) is 5.87. The van der Waals surface area contributed by atoms with Gasteiger partial charge in [0.05, 0.1) is 11.1 Å². The summed E-state index contributed by atoms with van der Waals surface area (Å²) in [5.41, 5.74) is 5.49. The average molecular weight is 510 g/mol. The number of hydrogen-bond donors (Lipinski definition) is 2. The Hall–Kier alpha value is -4.19. The van der Waals surface area contributed by atoms with Crippen LogP contribution in [0.25, 0.3) is 27.8 Å². The molecule has 1 unspecified atom stereocenters. The Kier molecular flexibility index (Phi) is 8.10. The molecule has 1 amide bonds. The number of carbonyl (C=O) groups excluding carboxylic acids is 1. The van der Waals surface area contributed by atoms with E-state index in [0.29, 0.717) is 11.0 Å². The lowest BCUT2D eigenvalue weighted by atomic mass is 9.93. The first-order valence-electron chi connectivity index (χ1n) is 13.2. The first-order chi connectivity index (χ1) is 18.3. The summed E-state index contributed by atoms with van der Waals surface area (Å²) in [6, 6.07) is 17.9. The Morgan fingerprint density at radius 3 is 2.55 bits per heavy atom. The van der Waals surface area contributed by atoms with Gasteiger partial charge in [-0.1, -0.05) is 57.7 Å². The molecule has 0 saturated heterocycles. The largest absolute Gasteiger partial charge is 0.513 e. The third-order valence-electron chi connectivity index (χ3n) is 6.81. The van der Waals surface area contributed by atoms with Gasteiger partial charge in [0.1, 0.15) is 11.2 Å². The zero-order valence-corrected chi connectivity index (χ0v) is 22.5. The third-order valence-corrected chi connectivity index (χ3v) is 6.81. The van der Waals surface area contributed by atoms with Crippen LogP contribution in [0.5, 0.6) is 0 Å². The molecule has 0 radical (unpaired) electrons. The van der Waals surface area contributed by atoms with Crippen LogP contribution in [0.3, 0.4) is 0 Å². The number of aliphatic hydroxyl groups excluding tert-OH is 1. The van der Waals surface area contributed by atoms with Gasteiger partial charge in [0, 0.05) is 30.0 Å². The van der Waals surface area contributed by atoms with Crippen LogP contribution < -0.4 is 10.7 Å². The summed E-state index contributed by atoms with van der Waals surface area (Å²) < 4.78 is 1.82. The zero-order valence-electron chi connectivity index (χ0n) is 22.5. The minimum Gasteiger partial charge on any atom is -0.513 e. The second kappa shape index (κ2) is 11.5. The van der Waals surface area contributed by atoms with Gasteiger partial charge >= 0.3 is 0 Å². The van der Waals surface area contributed by atoms with Crippen LogP contribution in [-0.4, -0.2) is 26.6 Å². The Bertz CT molecular complexity index is 1550. The molecule has 1 aliphatic rings. The van der Waals surface area contributed by atoms with Crippen molar-refractivity contribution in [2.24, 2.45) is 5.92 Å². The summed E-state index contributed by atoms with van der Waals surface area (Å²) in [4.78, 5) is 30.4. The molecular formula is C32H35N3O3. The van der Waals surface area contributed by atoms with Crippen molar-refractivity contribution < 1.29 is 9.90 Å². The van der Waals surface area contributed by atoms with Gasteiger partial charge in [0.25, 0.3) is 5.91 Å². The molecule has 6 nitrogen and oxygen atoms in total. The first-order valence-corrected chi connectivity index (χ1v) is 13.2. The lowest BCUT2D eigenvalue weighted by Crippen LogP contribution is -2.31. The van der Waals surface area contributed by atoms with E-state index in [2.05, 4.69) is 42.0 Å². The van der Waals surface area contributed by atoms with Gasteiger partial charge < -0.3 is 15.0 Å². The van der Waals surface area contributed by atoms with E-state index in [0.717, 1.165) is 41.6 Å². The van der Waals surface area contributed by atoms with Gasteiger partial charge in [-0.15, -0.1) is 0 Å². The second-order valence-electron chi connectivity index (χ2n) is 9.65. The molecule has 1 atom stereocenters. The highest BCUT2D eigenvalue weighted by atomic mass is 16.3. The molecule has 0 spiro atoms. The number of nitrogens with zero attached hydrogens (tertiary/aromatic N) is 2. The topological polar surface area (TPSA) is 84.2 Å². The predicted octanol–water partition coefficient (Wildman–Crippen LogP) is 6.53. The van der Waals surface area contributed by atoms with Crippen LogP contribution in [0.2, 0.25) is 0 Å². The fraction of sp³-hybridized carbons (Fsp3) is 0.281. The number of rotatable bonds is 7. The number of pyridine rings is 2. The van der Waals surface area contributed by atoms with Crippen LogP contribution >= 0.6 is 0 Å². The van der Waals surface area contributed by atoms with Crippen LogP contribution in [0.1, 0.15) is 55.1 Å². The number of allylic oxidation sites excluding steroid dienone is 1. The van der Waals surface area contributed by atoms with Gasteiger partial charge in [0.15, 0.2) is 0 Å². The van der Waals surface area contributed by atoms with Gasteiger partial charge in [-0.3, -0.25) is 9.59 Å². The van der Waals surface area contributed by atoms with E-state index in [-0.39, 0.29) is 34.6 Å². The van der Waals surface area contributed by atoms with Gasteiger partial charge in [-0.2, -0.15) is 0 Å². The summed E-state index contributed by atoms with van der Waals surface area (Å²) in [7, 11) is 0. The first kappa shape index (κ1) is 26.9. The van der Waals surface area contributed by atoms with E-state index >= 15 is 0 Å². The maximum absolute atomic E-state index is 13.1. The molecule has 1 fully saturated rings. The Morgan fingerprint density at radius 2 is 1.87 bits per heavy atom. The minimum atomic E-state index is -0.343. The second-order valence-corrected chi connectivity index (χ2v) is 9.65. The number of nitrogens with one attached hydrogen (secondary N) is 1. The molecule has 1 aliphatic carbocycles. The van der Waals surface area contributed by atoms with Crippen molar-refractivity contribution in [3.8, 4) is 16.8 Å². The molecule has 38 heavy (non-hydrogen) atoms. The fourth-order valence-corrected chi connectivity index (χ4v) is 4.40. The molecule has 2 aromatic heterocycles. The van der Waals surface area contributed by atoms with E-state index in [1.165, 1.54) is 5.56 Å². The highest BCUT2D eigenvalue weighted by molar-refractivity contribution is 5.97. The van der Waals surface area contributed by atoms with E-state index in [1.807, 2.05) is 49.6 Å². The molecule has 2 heterocycles. The normalized spacial score (nSPS) is 13.4. The molecular weight excluding hydrogens is 474 g/mol. The lowest BCUT2D eigenvalue weighted by Gasteiger charge is -2.15. The number of amides is 1. The quantitative estimate of drug-likeness (QED) is 0.278. The maximum Gasteiger partial charge on any atom is 0.257 e.